The zero-order valence-electron chi connectivity index (χ0n) is 15.3. The fourth-order valence-electron chi connectivity index (χ4n) is 2.62. The average Bonchev–Trinajstić information content (AvgIpc) is 3.12. The number of thiazole rings is 1. The van der Waals surface area contributed by atoms with E-state index >= 15 is 0 Å². The van der Waals surface area contributed by atoms with Gasteiger partial charge in [-0.25, -0.2) is 4.98 Å². The van der Waals surface area contributed by atoms with Gasteiger partial charge in [-0.05, 0) is 54.8 Å². The van der Waals surface area contributed by atoms with Crippen LogP contribution in [-0.2, 0) is 11.2 Å². The molecule has 0 aliphatic rings. The number of nitrogens with two attached hydrogens (primary N) is 1. The Hall–Kier alpha value is -2.86. The number of ether oxygens (including phenoxy) is 1. The Kier molecular flexibility index (Phi) is 6.44. The molecular formula is C21H23N3O2S. The van der Waals surface area contributed by atoms with E-state index in [1.165, 1.54) is 29.7 Å². The minimum atomic E-state index is -0.187. The van der Waals surface area contributed by atoms with Crippen molar-refractivity contribution in [2.24, 2.45) is 0 Å². The molecule has 3 N–H and O–H groups in total. The molecule has 5 nitrogen and oxygen atoms in total. The molecule has 0 aliphatic heterocycles. The number of aromatic nitrogens is 1. The Bertz CT molecular complexity index is 873. The molecule has 0 aliphatic carbocycles. The zero-order valence-corrected chi connectivity index (χ0v) is 16.1. The topological polar surface area (TPSA) is 77.2 Å². The molecule has 6 heteroatoms. The lowest BCUT2D eigenvalue weighted by Crippen LogP contribution is -2.20. The summed E-state index contributed by atoms with van der Waals surface area (Å²) in [5.41, 5.74) is 9.52. The number of unbranched alkanes of at least 4 members (excludes halogenated alkanes) is 1. The summed E-state index contributed by atoms with van der Waals surface area (Å²) in [5.74, 6) is 0.444. The van der Waals surface area contributed by atoms with Gasteiger partial charge < -0.3 is 15.8 Å². The van der Waals surface area contributed by atoms with Gasteiger partial charge >= 0.3 is 0 Å². The molecule has 2 aromatic carbocycles. The van der Waals surface area contributed by atoms with Crippen LogP contribution in [0.5, 0.6) is 5.75 Å². The van der Waals surface area contributed by atoms with Crippen LogP contribution in [0.1, 0.15) is 25.3 Å². The van der Waals surface area contributed by atoms with E-state index in [0.29, 0.717) is 10.9 Å². The molecule has 140 valence electrons. The van der Waals surface area contributed by atoms with Crippen LogP contribution in [0, 0.1) is 0 Å². The zero-order chi connectivity index (χ0) is 19.1. The van der Waals surface area contributed by atoms with E-state index in [1.54, 1.807) is 0 Å². The first-order valence-electron chi connectivity index (χ1n) is 8.97. The van der Waals surface area contributed by atoms with Crippen molar-refractivity contribution in [2.45, 2.75) is 26.2 Å². The summed E-state index contributed by atoms with van der Waals surface area (Å²) in [7, 11) is 0. The van der Waals surface area contributed by atoms with Crippen molar-refractivity contribution in [3.8, 4) is 17.0 Å². The van der Waals surface area contributed by atoms with Crippen molar-refractivity contribution in [3.63, 3.8) is 0 Å². The summed E-state index contributed by atoms with van der Waals surface area (Å²) in [4.78, 5) is 16.3. The second-order valence-corrected chi connectivity index (χ2v) is 7.12. The number of aryl methyl sites for hydroxylation is 1. The SMILES string of the molecule is CCCCc1ccc(NC(=O)COc2ccc(-c3csc(N)n3)cc2)cc1. The number of nitrogens with zero attached hydrogens (tertiary/aromatic N) is 1. The second kappa shape index (κ2) is 9.19. The van der Waals surface area contributed by atoms with Gasteiger partial charge in [-0.15, -0.1) is 11.3 Å². The van der Waals surface area contributed by atoms with Gasteiger partial charge in [-0.2, -0.15) is 0 Å². The van der Waals surface area contributed by atoms with Gasteiger partial charge in [0.2, 0.25) is 0 Å². The van der Waals surface area contributed by atoms with Crippen LogP contribution in [0.25, 0.3) is 11.3 Å². The average molecular weight is 382 g/mol. The Balaban J connectivity index is 1.48. The number of nitrogens with one attached hydrogen (secondary N) is 1. The molecule has 0 atom stereocenters. The minimum absolute atomic E-state index is 0.0411. The third kappa shape index (κ3) is 5.56. The van der Waals surface area contributed by atoms with Crippen LogP contribution in [0.15, 0.2) is 53.9 Å². The van der Waals surface area contributed by atoms with E-state index in [-0.39, 0.29) is 12.5 Å². The number of rotatable bonds is 8. The van der Waals surface area contributed by atoms with Crippen molar-refractivity contribution < 1.29 is 9.53 Å². The van der Waals surface area contributed by atoms with Gasteiger partial charge in [0.1, 0.15) is 5.75 Å². The van der Waals surface area contributed by atoms with Gasteiger partial charge in [0.05, 0.1) is 5.69 Å². The number of carbonyl (C=O) groups excluding carboxylic acids is 1. The van der Waals surface area contributed by atoms with Crippen molar-refractivity contribution in [2.75, 3.05) is 17.7 Å². The highest BCUT2D eigenvalue weighted by molar-refractivity contribution is 7.13. The van der Waals surface area contributed by atoms with E-state index in [9.17, 15) is 4.79 Å². The maximum Gasteiger partial charge on any atom is 0.262 e. The van der Waals surface area contributed by atoms with Crippen LogP contribution in [0.3, 0.4) is 0 Å². The molecule has 0 bridgehead atoms. The number of anilines is 2. The fourth-order valence-corrected chi connectivity index (χ4v) is 3.20. The van der Waals surface area contributed by atoms with Crippen molar-refractivity contribution >= 4 is 28.1 Å². The summed E-state index contributed by atoms with van der Waals surface area (Å²) in [6.07, 6.45) is 3.42. The highest BCUT2D eigenvalue weighted by atomic mass is 32.1. The van der Waals surface area contributed by atoms with Crippen LogP contribution in [-0.4, -0.2) is 17.5 Å². The molecule has 1 amide bonds. The second-order valence-electron chi connectivity index (χ2n) is 6.23. The molecule has 3 rings (SSSR count). The summed E-state index contributed by atoms with van der Waals surface area (Å²) in [5, 5.41) is 5.30. The van der Waals surface area contributed by atoms with Crippen LogP contribution < -0.4 is 15.8 Å². The molecular weight excluding hydrogens is 358 g/mol. The molecule has 0 saturated carbocycles. The Morgan fingerprint density at radius 2 is 1.89 bits per heavy atom. The van der Waals surface area contributed by atoms with E-state index in [0.717, 1.165) is 23.4 Å². The molecule has 0 radical (unpaired) electrons. The van der Waals surface area contributed by atoms with E-state index in [4.69, 9.17) is 10.5 Å². The van der Waals surface area contributed by atoms with E-state index in [1.807, 2.05) is 41.8 Å². The number of nitrogen functional groups attached to an aromatic ring is 1. The summed E-state index contributed by atoms with van der Waals surface area (Å²) in [6, 6.07) is 15.4. The molecule has 1 aromatic heterocycles. The molecule has 0 unspecified atom stereocenters. The Labute approximate surface area is 163 Å². The lowest BCUT2D eigenvalue weighted by atomic mass is 10.1. The first kappa shape index (κ1) is 18.9. The number of amides is 1. The Morgan fingerprint density at radius 3 is 2.52 bits per heavy atom. The molecule has 0 saturated heterocycles. The van der Waals surface area contributed by atoms with Crippen molar-refractivity contribution in [3.05, 3.63) is 59.5 Å². The maximum atomic E-state index is 12.1. The molecule has 0 spiro atoms. The molecule has 27 heavy (non-hydrogen) atoms. The van der Waals surface area contributed by atoms with Gasteiger partial charge in [0, 0.05) is 16.6 Å². The van der Waals surface area contributed by atoms with Crippen molar-refractivity contribution in [1.29, 1.82) is 0 Å². The van der Waals surface area contributed by atoms with Crippen LogP contribution >= 0.6 is 11.3 Å². The molecule has 0 fully saturated rings. The first-order valence-corrected chi connectivity index (χ1v) is 9.85. The van der Waals surface area contributed by atoms with Crippen LogP contribution in [0.4, 0.5) is 10.8 Å². The predicted octanol–water partition coefficient (Wildman–Crippen LogP) is 4.75. The third-order valence-electron chi connectivity index (χ3n) is 4.10. The highest BCUT2D eigenvalue weighted by Crippen LogP contribution is 2.25. The fraction of sp³-hybridized carbons (Fsp3) is 0.238. The standard InChI is InChI=1S/C21H23N3O2S/c1-2-3-4-15-5-9-17(10-6-15)23-20(25)13-26-18-11-7-16(8-12-18)19-14-27-21(22)24-19/h5-12,14H,2-4,13H2,1H3,(H2,22,24)(H,23,25). The number of carbonyl (C=O) groups is 1. The quantitative estimate of drug-likeness (QED) is 0.590. The molecule has 1 heterocycles. The Morgan fingerprint density at radius 1 is 1.15 bits per heavy atom. The normalized spacial score (nSPS) is 10.6. The lowest BCUT2D eigenvalue weighted by Gasteiger charge is -2.09. The van der Waals surface area contributed by atoms with Gasteiger partial charge in [0.25, 0.3) is 5.91 Å². The highest BCUT2D eigenvalue weighted by Gasteiger charge is 2.06. The van der Waals surface area contributed by atoms with E-state index in [2.05, 4.69) is 29.4 Å². The third-order valence-corrected chi connectivity index (χ3v) is 4.77. The number of hydrogen-bond donors (Lipinski definition) is 2. The minimum Gasteiger partial charge on any atom is -0.484 e. The van der Waals surface area contributed by atoms with Gasteiger partial charge in [0.15, 0.2) is 11.7 Å². The lowest BCUT2D eigenvalue weighted by molar-refractivity contribution is -0.118. The van der Waals surface area contributed by atoms with Gasteiger partial charge in [-0.1, -0.05) is 25.5 Å². The smallest absolute Gasteiger partial charge is 0.262 e. The summed E-state index contributed by atoms with van der Waals surface area (Å²) >= 11 is 1.41. The van der Waals surface area contributed by atoms with Crippen molar-refractivity contribution in [1.82, 2.24) is 4.98 Å². The van der Waals surface area contributed by atoms with E-state index < -0.39 is 0 Å². The maximum absolute atomic E-state index is 12.1. The summed E-state index contributed by atoms with van der Waals surface area (Å²) in [6.45, 7) is 2.14. The predicted molar refractivity (Wildman–Crippen MR) is 111 cm³/mol. The summed E-state index contributed by atoms with van der Waals surface area (Å²) < 4.78 is 5.56. The largest absolute Gasteiger partial charge is 0.484 e. The number of benzene rings is 2. The van der Waals surface area contributed by atoms with Gasteiger partial charge in [-0.3, -0.25) is 4.79 Å². The monoisotopic (exact) mass is 381 g/mol. The first-order chi connectivity index (χ1) is 13.1. The molecule has 3 aromatic rings. The number of hydrogen-bond acceptors (Lipinski definition) is 5. The van der Waals surface area contributed by atoms with Crippen LogP contribution in [0.2, 0.25) is 0 Å².